The molecule has 2 aromatic carbocycles. The van der Waals surface area contributed by atoms with Crippen LogP contribution in [-0.4, -0.2) is 10.7 Å². The van der Waals surface area contributed by atoms with Crippen LogP contribution in [0.1, 0.15) is 30.6 Å². The predicted molar refractivity (Wildman–Crippen MR) is 121 cm³/mol. The van der Waals surface area contributed by atoms with Gasteiger partial charge in [-0.3, -0.25) is 9.36 Å². The topological polar surface area (TPSA) is 60.3 Å². The Labute approximate surface area is 178 Å². The van der Waals surface area contributed by atoms with Crippen molar-refractivity contribution in [2.75, 3.05) is 0 Å². The normalized spacial score (nSPS) is 11.9. The Kier molecular flexibility index (Phi) is 5.68. The van der Waals surface area contributed by atoms with Crippen LogP contribution in [0.4, 0.5) is 4.79 Å². The summed E-state index contributed by atoms with van der Waals surface area (Å²) < 4.78 is 7.39. The van der Waals surface area contributed by atoms with Gasteiger partial charge >= 0.3 is 6.09 Å². The zero-order chi connectivity index (χ0) is 21.1. The molecule has 1 atom stereocenters. The van der Waals surface area contributed by atoms with Crippen molar-refractivity contribution < 1.29 is 9.53 Å². The van der Waals surface area contributed by atoms with Gasteiger partial charge in [0.2, 0.25) is 0 Å². The van der Waals surface area contributed by atoms with Crippen LogP contribution < -0.4 is 15.6 Å². The molecule has 0 aliphatic rings. The SMILES string of the molecule is CC[C@H](NC(=O)Oc1c(C)n(-c2ccsc2)c(=O)c2ccccc12)c1ccccc1. The molecule has 6 heteroatoms. The van der Waals surface area contributed by atoms with Crippen LogP contribution >= 0.6 is 11.3 Å². The van der Waals surface area contributed by atoms with Crippen LogP contribution in [0.5, 0.6) is 5.75 Å². The molecule has 0 aliphatic carbocycles. The predicted octanol–water partition coefficient (Wildman–Crippen LogP) is 5.60. The van der Waals surface area contributed by atoms with Gasteiger partial charge < -0.3 is 10.1 Å². The zero-order valence-electron chi connectivity index (χ0n) is 16.8. The summed E-state index contributed by atoms with van der Waals surface area (Å²) >= 11 is 1.51. The number of hydrogen-bond donors (Lipinski definition) is 1. The van der Waals surface area contributed by atoms with Crippen molar-refractivity contribution in [1.29, 1.82) is 0 Å². The van der Waals surface area contributed by atoms with E-state index in [2.05, 4.69) is 5.32 Å². The van der Waals surface area contributed by atoms with Crippen LogP contribution in [0.3, 0.4) is 0 Å². The number of fused-ring (bicyclic) bond motifs is 1. The minimum absolute atomic E-state index is 0.134. The lowest BCUT2D eigenvalue weighted by atomic mass is 10.1. The van der Waals surface area contributed by atoms with Gasteiger partial charge in [0.05, 0.1) is 22.8 Å². The smallest absolute Gasteiger partial charge is 0.408 e. The first kappa shape index (κ1) is 19.9. The molecular formula is C24H22N2O3S. The molecule has 4 rings (SSSR count). The molecule has 1 amide bonds. The highest BCUT2D eigenvalue weighted by atomic mass is 32.1. The van der Waals surface area contributed by atoms with Gasteiger partial charge in [-0.15, -0.1) is 0 Å². The number of ether oxygens (including phenoxy) is 1. The molecule has 1 N–H and O–H groups in total. The molecule has 0 saturated heterocycles. The van der Waals surface area contributed by atoms with E-state index in [1.807, 2.05) is 66.2 Å². The fourth-order valence-corrected chi connectivity index (χ4v) is 4.25. The minimum Gasteiger partial charge on any atom is -0.408 e. The largest absolute Gasteiger partial charge is 0.413 e. The molecule has 0 bridgehead atoms. The molecule has 0 aliphatic heterocycles. The van der Waals surface area contributed by atoms with E-state index in [0.29, 0.717) is 22.2 Å². The molecule has 152 valence electrons. The highest BCUT2D eigenvalue weighted by Gasteiger charge is 2.20. The van der Waals surface area contributed by atoms with Crippen molar-refractivity contribution in [3.63, 3.8) is 0 Å². The van der Waals surface area contributed by atoms with Crippen LogP contribution in [0.25, 0.3) is 16.5 Å². The van der Waals surface area contributed by atoms with E-state index in [1.54, 1.807) is 23.6 Å². The van der Waals surface area contributed by atoms with Crippen LogP contribution in [0.15, 0.2) is 76.2 Å². The maximum Gasteiger partial charge on any atom is 0.413 e. The van der Waals surface area contributed by atoms with Gasteiger partial charge in [-0.05, 0) is 36.4 Å². The summed E-state index contributed by atoms with van der Waals surface area (Å²) in [5, 5.41) is 7.88. The fraction of sp³-hybridized carbons (Fsp3) is 0.167. The van der Waals surface area contributed by atoms with Gasteiger partial charge in [0, 0.05) is 10.8 Å². The van der Waals surface area contributed by atoms with E-state index >= 15 is 0 Å². The Hall–Kier alpha value is -3.38. The standard InChI is InChI=1S/C24H22N2O3S/c1-3-21(17-9-5-4-6-10-17)25-24(28)29-22-16(2)26(18-13-14-30-15-18)23(27)20-12-8-7-11-19(20)22/h4-15,21H,3H2,1-2H3,(H,25,28)/t21-/m0/s1. The monoisotopic (exact) mass is 418 g/mol. The van der Waals surface area contributed by atoms with Gasteiger partial charge in [0.25, 0.3) is 5.56 Å². The Bertz CT molecular complexity index is 1230. The van der Waals surface area contributed by atoms with Gasteiger partial charge in [0.15, 0.2) is 5.75 Å². The number of nitrogens with one attached hydrogen (secondary N) is 1. The van der Waals surface area contributed by atoms with E-state index in [9.17, 15) is 9.59 Å². The third-order valence-electron chi connectivity index (χ3n) is 5.13. The average molecular weight is 419 g/mol. The van der Waals surface area contributed by atoms with Crippen LogP contribution in [-0.2, 0) is 0 Å². The maximum atomic E-state index is 13.1. The minimum atomic E-state index is -0.547. The highest BCUT2D eigenvalue weighted by Crippen LogP contribution is 2.30. The van der Waals surface area contributed by atoms with Crippen molar-refractivity contribution in [3.8, 4) is 11.4 Å². The van der Waals surface area contributed by atoms with E-state index in [4.69, 9.17) is 4.74 Å². The van der Waals surface area contributed by atoms with Gasteiger partial charge in [-0.25, -0.2) is 4.79 Å². The summed E-state index contributed by atoms with van der Waals surface area (Å²) in [7, 11) is 0. The average Bonchev–Trinajstić information content (AvgIpc) is 3.30. The Morgan fingerprint density at radius 3 is 2.43 bits per heavy atom. The van der Waals surface area contributed by atoms with Crippen LogP contribution in [0.2, 0.25) is 0 Å². The third-order valence-corrected chi connectivity index (χ3v) is 5.80. The molecule has 0 radical (unpaired) electrons. The van der Waals surface area contributed by atoms with Crippen molar-refractivity contribution >= 4 is 28.2 Å². The van der Waals surface area contributed by atoms with Gasteiger partial charge in [0.1, 0.15) is 0 Å². The number of amides is 1. The first-order valence-electron chi connectivity index (χ1n) is 9.80. The highest BCUT2D eigenvalue weighted by molar-refractivity contribution is 7.08. The second-order valence-corrected chi connectivity index (χ2v) is 7.77. The summed E-state index contributed by atoms with van der Waals surface area (Å²) in [5.41, 5.74) is 2.22. The second kappa shape index (κ2) is 8.55. The summed E-state index contributed by atoms with van der Waals surface area (Å²) in [6.45, 7) is 3.80. The summed E-state index contributed by atoms with van der Waals surface area (Å²) in [6, 6.07) is 18.7. The van der Waals surface area contributed by atoms with Crippen molar-refractivity contribution in [1.82, 2.24) is 9.88 Å². The fourth-order valence-electron chi connectivity index (χ4n) is 3.63. The Morgan fingerprint density at radius 2 is 1.77 bits per heavy atom. The quantitative estimate of drug-likeness (QED) is 0.459. The number of hydrogen-bond acceptors (Lipinski definition) is 4. The lowest BCUT2D eigenvalue weighted by molar-refractivity contribution is 0.195. The molecule has 5 nitrogen and oxygen atoms in total. The number of aromatic nitrogens is 1. The number of pyridine rings is 1. The molecule has 0 fully saturated rings. The van der Waals surface area contributed by atoms with Gasteiger partial charge in [-0.2, -0.15) is 11.3 Å². The van der Waals surface area contributed by atoms with Gasteiger partial charge in [-0.1, -0.05) is 55.5 Å². The van der Waals surface area contributed by atoms with Crippen molar-refractivity contribution in [2.45, 2.75) is 26.3 Å². The molecule has 2 heterocycles. The lowest BCUT2D eigenvalue weighted by Gasteiger charge is -2.19. The van der Waals surface area contributed by atoms with Crippen molar-refractivity contribution in [2.24, 2.45) is 0 Å². The maximum absolute atomic E-state index is 13.1. The number of nitrogens with zero attached hydrogens (tertiary/aromatic N) is 1. The Morgan fingerprint density at radius 1 is 1.07 bits per heavy atom. The molecule has 2 aromatic heterocycles. The second-order valence-electron chi connectivity index (χ2n) is 6.99. The van der Waals surface area contributed by atoms with Crippen molar-refractivity contribution in [3.05, 3.63) is 93.0 Å². The van der Waals surface area contributed by atoms with Crippen LogP contribution in [0, 0.1) is 6.92 Å². The van der Waals surface area contributed by atoms with E-state index in [0.717, 1.165) is 17.7 Å². The number of rotatable bonds is 5. The van der Waals surface area contributed by atoms with E-state index in [1.165, 1.54) is 11.3 Å². The number of thiophene rings is 1. The first-order valence-corrected chi connectivity index (χ1v) is 10.7. The molecule has 0 spiro atoms. The first-order chi connectivity index (χ1) is 14.6. The van der Waals surface area contributed by atoms with E-state index in [-0.39, 0.29) is 11.6 Å². The molecule has 30 heavy (non-hydrogen) atoms. The third kappa shape index (κ3) is 3.74. The number of carbonyl (C=O) groups excluding carboxylic acids is 1. The molecule has 4 aromatic rings. The van der Waals surface area contributed by atoms with E-state index < -0.39 is 6.09 Å². The number of benzene rings is 2. The Balaban J connectivity index is 1.73. The summed E-state index contributed by atoms with van der Waals surface area (Å²) in [4.78, 5) is 25.9. The number of carbonyl (C=O) groups is 1. The molecular weight excluding hydrogens is 396 g/mol. The summed E-state index contributed by atoms with van der Waals surface area (Å²) in [5.74, 6) is 0.386. The molecule has 0 unspecified atom stereocenters. The molecule has 0 saturated carbocycles. The zero-order valence-corrected chi connectivity index (χ0v) is 17.6. The lowest BCUT2D eigenvalue weighted by Crippen LogP contribution is -2.32. The summed E-state index contributed by atoms with van der Waals surface area (Å²) in [6.07, 6.45) is 0.183.